The fraction of sp³-hybridized carbons (Fsp3) is 0.176. The normalized spacial score (nSPS) is 10.7. The van der Waals surface area contributed by atoms with Crippen LogP contribution in [0.25, 0.3) is 11.3 Å². The van der Waals surface area contributed by atoms with Crippen molar-refractivity contribution < 1.29 is 4.39 Å². The van der Waals surface area contributed by atoms with Gasteiger partial charge in [0.1, 0.15) is 11.6 Å². The van der Waals surface area contributed by atoms with Gasteiger partial charge < -0.3 is 5.32 Å². The SMILES string of the molecule is Cc1nc(-c2ccc(NCc3ccccc3F)nc2)c(C)s1. The largest absolute Gasteiger partial charge is 0.366 e. The molecule has 0 amide bonds. The number of nitrogens with zero attached hydrogens (tertiary/aromatic N) is 2. The number of hydrogen-bond acceptors (Lipinski definition) is 4. The van der Waals surface area contributed by atoms with Crippen LogP contribution in [0.3, 0.4) is 0 Å². The van der Waals surface area contributed by atoms with E-state index in [1.165, 1.54) is 10.9 Å². The third kappa shape index (κ3) is 3.14. The summed E-state index contributed by atoms with van der Waals surface area (Å²) in [5.74, 6) is 0.511. The molecule has 2 aromatic heterocycles. The highest BCUT2D eigenvalue weighted by Crippen LogP contribution is 2.27. The molecule has 22 heavy (non-hydrogen) atoms. The van der Waals surface area contributed by atoms with Crippen LogP contribution in [0.4, 0.5) is 10.2 Å². The Labute approximate surface area is 132 Å². The van der Waals surface area contributed by atoms with Crippen molar-refractivity contribution in [2.45, 2.75) is 20.4 Å². The smallest absolute Gasteiger partial charge is 0.128 e. The molecule has 3 aromatic rings. The maximum atomic E-state index is 13.6. The second kappa shape index (κ2) is 6.23. The summed E-state index contributed by atoms with van der Waals surface area (Å²) in [7, 11) is 0. The molecule has 112 valence electrons. The highest BCUT2D eigenvalue weighted by Gasteiger charge is 2.08. The van der Waals surface area contributed by atoms with Crippen LogP contribution in [0.5, 0.6) is 0 Å². The molecular weight excluding hydrogens is 297 g/mol. The summed E-state index contributed by atoms with van der Waals surface area (Å²) in [6.07, 6.45) is 1.80. The lowest BCUT2D eigenvalue weighted by Crippen LogP contribution is -2.03. The number of hydrogen-bond donors (Lipinski definition) is 1. The van der Waals surface area contributed by atoms with E-state index < -0.39 is 0 Å². The molecule has 2 heterocycles. The van der Waals surface area contributed by atoms with Gasteiger partial charge in [-0.3, -0.25) is 0 Å². The summed E-state index contributed by atoms with van der Waals surface area (Å²) in [6.45, 7) is 4.47. The molecule has 0 saturated carbocycles. The van der Waals surface area contributed by atoms with Crippen molar-refractivity contribution >= 4 is 17.2 Å². The van der Waals surface area contributed by atoms with Crippen LogP contribution in [-0.2, 0) is 6.54 Å². The number of nitrogens with one attached hydrogen (secondary N) is 1. The van der Waals surface area contributed by atoms with E-state index in [9.17, 15) is 4.39 Å². The van der Waals surface area contributed by atoms with Gasteiger partial charge >= 0.3 is 0 Å². The third-order valence-electron chi connectivity index (χ3n) is 3.36. The van der Waals surface area contributed by atoms with Crippen LogP contribution < -0.4 is 5.32 Å². The van der Waals surface area contributed by atoms with Gasteiger partial charge in [-0.25, -0.2) is 14.4 Å². The molecule has 0 spiro atoms. The van der Waals surface area contributed by atoms with Crippen molar-refractivity contribution in [3.8, 4) is 11.3 Å². The molecule has 0 saturated heterocycles. The topological polar surface area (TPSA) is 37.8 Å². The summed E-state index contributed by atoms with van der Waals surface area (Å²) in [6, 6.07) is 10.6. The average molecular weight is 313 g/mol. The molecule has 5 heteroatoms. The van der Waals surface area contributed by atoms with Crippen molar-refractivity contribution in [3.63, 3.8) is 0 Å². The number of pyridine rings is 1. The Morgan fingerprint density at radius 1 is 1.14 bits per heavy atom. The molecular formula is C17H16FN3S. The van der Waals surface area contributed by atoms with Gasteiger partial charge in [0.05, 0.1) is 10.7 Å². The fourth-order valence-electron chi connectivity index (χ4n) is 2.26. The molecule has 0 bridgehead atoms. The Bertz CT molecular complexity index is 781. The Morgan fingerprint density at radius 2 is 1.95 bits per heavy atom. The number of thiazole rings is 1. The van der Waals surface area contributed by atoms with Gasteiger partial charge in [0.15, 0.2) is 0 Å². The number of aromatic nitrogens is 2. The zero-order valence-electron chi connectivity index (χ0n) is 12.4. The highest BCUT2D eigenvalue weighted by atomic mass is 32.1. The number of rotatable bonds is 4. The molecule has 1 N–H and O–H groups in total. The monoisotopic (exact) mass is 313 g/mol. The first kappa shape index (κ1) is 14.7. The van der Waals surface area contributed by atoms with Gasteiger partial charge in [-0.2, -0.15) is 0 Å². The lowest BCUT2D eigenvalue weighted by molar-refractivity contribution is 0.613. The van der Waals surface area contributed by atoms with E-state index in [4.69, 9.17) is 0 Å². The maximum Gasteiger partial charge on any atom is 0.128 e. The van der Waals surface area contributed by atoms with Crippen LogP contribution in [0.2, 0.25) is 0 Å². The lowest BCUT2D eigenvalue weighted by atomic mass is 10.2. The number of anilines is 1. The minimum absolute atomic E-state index is 0.208. The Kier molecular flexibility index (Phi) is 4.15. The van der Waals surface area contributed by atoms with Crippen LogP contribution in [0, 0.1) is 19.7 Å². The van der Waals surface area contributed by atoms with Gasteiger partial charge in [0.2, 0.25) is 0 Å². The predicted octanol–water partition coefficient (Wildman–Crippen LogP) is 4.57. The van der Waals surface area contributed by atoms with Crippen LogP contribution in [0.15, 0.2) is 42.6 Å². The molecule has 0 radical (unpaired) electrons. The molecule has 0 aliphatic rings. The van der Waals surface area contributed by atoms with E-state index in [0.717, 1.165) is 22.1 Å². The molecule has 0 atom stereocenters. The summed E-state index contributed by atoms with van der Waals surface area (Å²) < 4.78 is 13.6. The van der Waals surface area contributed by atoms with Crippen molar-refractivity contribution in [2.75, 3.05) is 5.32 Å². The van der Waals surface area contributed by atoms with Crippen LogP contribution in [-0.4, -0.2) is 9.97 Å². The Hall–Kier alpha value is -2.27. The number of aryl methyl sites for hydroxylation is 2. The van der Waals surface area contributed by atoms with E-state index in [2.05, 4.69) is 22.2 Å². The maximum absolute atomic E-state index is 13.6. The molecule has 0 aliphatic heterocycles. The van der Waals surface area contributed by atoms with Crippen molar-refractivity contribution in [1.29, 1.82) is 0 Å². The van der Waals surface area contributed by atoms with Gasteiger partial charge in [-0.05, 0) is 32.0 Å². The van der Waals surface area contributed by atoms with Crippen molar-refractivity contribution in [2.24, 2.45) is 0 Å². The average Bonchev–Trinajstić information content (AvgIpc) is 2.86. The molecule has 3 rings (SSSR count). The molecule has 0 aliphatic carbocycles. The van der Waals surface area contributed by atoms with E-state index in [-0.39, 0.29) is 5.82 Å². The first-order chi connectivity index (χ1) is 10.6. The standard InChI is InChI=1S/C17H16FN3S/c1-11-17(21-12(2)22-11)14-7-8-16(20-10-14)19-9-13-5-3-4-6-15(13)18/h3-8,10H,9H2,1-2H3,(H,19,20). The van der Waals surface area contributed by atoms with Crippen LogP contribution in [0.1, 0.15) is 15.4 Å². The number of halogens is 1. The van der Waals surface area contributed by atoms with Crippen molar-refractivity contribution in [3.05, 3.63) is 63.9 Å². The molecule has 0 fully saturated rings. The molecule has 3 nitrogen and oxygen atoms in total. The van der Waals surface area contributed by atoms with E-state index in [1.54, 1.807) is 29.7 Å². The van der Waals surface area contributed by atoms with Gasteiger partial charge in [-0.1, -0.05) is 18.2 Å². The predicted molar refractivity (Wildman–Crippen MR) is 88.5 cm³/mol. The second-order valence-corrected chi connectivity index (χ2v) is 6.42. The van der Waals surface area contributed by atoms with E-state index in [1.807, 2.05) is 25.1 Å². The Morgan fingerprint density at radius 3 is 2.59 bits per heavy atom. The van der Waals surface area contributed by atoms with Gasteiger partial charge in [0, 0.05) is 28.7 Å². The minimum Gasteiger partial charge on any atom is -0.366 e. The third-order valence-corrected chi connectivity index (χ3v) is 4.24. The summed E-state index contributed by atoms with van der Waals surface area (Å²) >= 11 is 1.68. The van der Waals surface area contributed by atoms with Gasteiger partial charge in [0.25, 0.3) is 0 Å². The Balaban J connectivity index is 1.72. The first-order valence-corrected chi connectivity index (χ1v) is 7.83. The van der Waals surface area contributed by atoms with Crippen molar-refractivity contribution in [1.82, 2.24) is 9.97 Å². The first-order valence-electron chi connectivity index (χ1n) is 7.01. The fourth-order valence-corrected chi connectivity index (χ4v) is 3.10. The van der Waals surface area contributed by atoms with Gasteiger partial charge in [-0.15, -0.1) is 11.3 Å². The van der Waals surface area contributed by atoms with E-state index >= 15 is 0 Å². The summed E-state index contributed by atoms with van der Waals surface area (Å²) in [5, 5.41) is 4.18. The quantitative estimate of drug-likeness (QED) is 0.766. The minimum atomic E-state index is -0.208. The zero-order chi connectivity index (χ0) is 15.5. The lowest BCUT2D eigenvalue weighted by Gasteiger charge is -2.07. The summed E-state index contributed by atoms with van der Waals surface area (Å²) in [4.78, 5) is 10.1. The van der Waals surface area contributed by atoms with Crippen LogP contribution >= 0.6 is 11.3 Å². The highest BCUT2D eigenvalue weighted by molar-refractivity contribution is 7.11. The zero-order valence-corrected chi connectivity index (χ0v) is 13.2. The molecule has 0 unspecified atom stereocenters. The summed E-state index contributed by atoms with van der Waals surface area (Å²) in [5.41, 5.74) is 2.60. The molecule has 1 aromatic carbocycles. The number of benzene rings is 1. The van der Waals surface area contributed by atoms with E-state index in [0.29, 0.717) is 12.1 Å². The second-order valence-electron chi connectivity index (χ2n) is 5.01.